The summed E-state index contributed by atoms with van der Waals surface area (Å²) in [5.41, 5.74) is 6.95. The molecule has 0 fully saturated rings. The van der Waals surface area contributed by atoms with E-state index >= 15 is 0 Å². The fourth-order valence-electron chi connectivity index (χ4n) is 1.24. The number of nitrogens with zero attached hydrogens (tertiary/aromatic N) is 3. The molecule has 0 atom stereocenters. The third-order valence-electron chi connectivity index (χ3n) is 1.93. The summed E-state index contributed by atoms with van der Waals surface area (Å²) in [6.45, 7) is 4.49. The molecule has 6 heteroatoms. The van der Waals surface area contributed by atoms with Crippen LogP contribution in [0.3, 0.4) is 0 Å². The van der Waals surface area contributed by atoms with Gasteiger partial charge in [0.2, 0.25) is 0 Å². The van der Waals surface area contributed by atoms with Crippen LogP contribution in [-0.2, 0) is 13.0 Å². The topological polar surface area (TPSA) is 76.4 Å². The summed E-state index contributed by atoms with van der Waals surface area (Å²) in [6.07, 6.45) is 0.310. The van der Waals surface area contributed by atoms with Crippen LogP contribution in [0.25, 0.3) is 0 Å². The molecule has 78 valence electrons. The molecule has 0 aliphatic carbocycles. The van der Waals surface area contributed by atoms with Crippen molar-refractivity contribution in [1.29, 1.82) is 0 Å². The standard InChI is InChI=1S/C8H13ClN4O/c1-3-13-6(4-7(10)12-14)8(9)5(2)11-13/h14H,3-4H2,1-2H3,(H2,10,12). The summed E-state index contributed by atoms with van der Waals surface area (Å²) in [4.78, 5) is 0. The van der Waals surface area contributed by atoms with E-state index in [4.69, 9.17) is 22.5 Å². The zero-order chi connectivity index (χ0) is 10.7. The smallest absolute Gasteiger partial charge is 0.145 e. The number of rotatable bonds is 3. The second kappa shape index (κ2) is 4.32. The highest BCUT2D eigenvalue weighted by Crippen LogP contribution is 2.20. The van der Waals surface area contributed by atoms with Gasteiger partial charge in [-0.3, -0.25) is 4.68 Å². The van der Waals surface area contributed by atoms with Gasteiger partial charge in [0.15, 0.2) is 0 Å². The van der Waals surface area contributed by atoms with Gasteiger partial charge in [-0.05, 0) is 13.8 Å². The molecule has 0 aliphatic rings. The molecule has 14 heavy (non-hydrogen) atoms. The number of amidine groups is 1. The van der Waals surface area contributed by atoms with Crippen molar-refractivity contribution >= 4 is 17.4 Å². The van der Waals surface area contributed by atoms with Gasteiger partial charge in [-0.1, -0.05) is 16.8 Å². The lowest BCUT2D eigenvalue weighted by Crippen LogP contribution is -2.17. The van der Waals surface area contributed by atoms with Crippen LogP contribution in [0.4, 0.5) is 0 Å². The zero-order valence-corrected chi connectivity index (χ0v) is 8.91. The highest BCUT2D eigenvalue weighted by Gasteiger charge is 2.13. The quantitative estimate of drug-likeness (QED) is 0.345. The van der Waals surface area contributed by atoms with Crippen LogP contribution in [-0.4, -0.2) is 20.8 Å². The lowest BCUT2D eigenvalue weighted by molar-refractivity contribution is 0.317. The minimum Gasteiger partial charge on any atom is -0.409 e. The summed E-state index contributed by atoms with van der Waals surface area (Å²) in [5, 5.41) is 16.1. The molecular formula is C8H13ClN4O. The average Bonchev–Trinajstić information content (AvgIpc) is 2.45. The predicted molar refractivity (Wildman–Crippen MR) is 54.8 cm³/mol. The molecule has 0 aliphatic heterocycles. The van der Waals surface area contributed by atoms with E-state index in [1.165, 1.54) is 0 Å². The molecule has 0 saturated heterocycles. The molecule has 0 spiro atoms. The van der Waals surface area contributed by atoms with Crippen LogP contribution < -0.4 is 5.73 Å². The van der Waals surface area contributed by atoms with Gasteiger partial charge < -0.3 is 10.9 Å². The van der Waals surface area contributed by atoms with E-state index in [9.17, 15) is 0 Å². The zero-order valence-electron chi connectivity index (χ0n) is 8.16. The first-order chi connectivity index (χ1) is 6.60. The molecule has 0 amide bonds. The maximum atomic E-state index is 8.45. The molecule has 1 aromatic rings. The van der Waals surface area contributed by atoms with Crippen LogP contribution in [0.15, 0.2) is 5.16 Å². The second-order valence-corrected chi connectivity index (χ2v) is 3.31. The van der Waals surface area contributed by atoms with Gasteiger partial charge in [0.1, 0.15) is 5.84 Å². The van der Waals surface area contributed by atoms with Crippen molar-refractivity contribution in [2.24, 2.45) is 10.9 Å². The summed E-state index contributed by atoms with van der Waals surface area (Å²) < 4.78 is 1.75. The number of hydrogen-bond donors (Lipinski definition) is 2. The highest BCUT2D eigenvalue weighted by atomic mass is 35.5. The van der Waals surface area contributed by atoms with Crippen molar-refractivity contribution in [2.75, 3.05) is 0 Å². The average molecular weight is 217 g/mol. The molecule has 0 saturated carbocycles. The lowest BCUT2D eigenvalue weighted by atomic mass is 10.2. The van der Waals surface area contributed by atoms with Gasteiger partial charge in [-0.15, -0.1) is 0 Å². The third-order valence-corrected chi connectivity index (χ3v) is 2.42. The van der Waals surface area contributed by atoms with E-state index < -0.39 is 0 Å². The maximum Gasteiger partial charge on any atom is 0.145 e. The van der Waals surface area contributed by atoms with Crippen molar-refractivity contribution in [3.8, 4) is 0 Å². The van der Waals surface area contributed by atoms with Crippen LogP contribution in [0.2, 0.25) is 5.02 Å². The molecule has 1 aromatic heterocycles. The normalized spacial score (nSPS) is 12.1. The largest absolute Gasteiger partial charge is 0.409 e. The number of aryl methyl sites for hydroxylation is 2. The Morgan fingerprint density at radius 1 is 1.71 bits per heavy atom. The maximum absolute atomic E-state index is 8.45. The highest BCUT2D eigenvalue weighted by molar-refractivity contribution is 6.32. The third kappa shape index (κ3) is 1.98. The van der Waals surface area contributed by atoms with Crippen molar-refractivity contribution < 1.29 is 5.21 Å². The van der Waals surface area contributed by atoms with Crippen LogP contribution in [0.5, 0.6) is 0 Å². The molecule has 0 radical (unpaired) electrons. The monoisotopic (exact) mass is 216 g/mol. The van der Waals surface area contributed by atoms with E-state index in [0.717, 1.165) is 11.4 Å². The van der Waals surface area contributed by atoms with Crippen molar-refractivity contribution in [3.63, 3.8) is 0 Å². The Hall–Kier alpha value is -1.23. The summed E-state index contributed by atoms with van der Waals surface area (Å²) in [7, 11) is 0. The molecule has 0 bridgehead atoms. The summed E-state index contributed by atoms with van der Waals surface area (Å²) >= 11 is 6.02. The number of aromatic nitrogens is 2. The van der Waals surface area contributed by atoms with E-state index in [2.05, 4.69) is 10.3 Å². The lowest BCUT2D eigenvalue weighted by Gasteiger charge is -2.03. The first-order valence-corrected chi connectivity index (χ1v) is 4.66. The minimum absolute atomic E-state index is 0.126. The molecular weight excluding hydrogens is 204 g/mol. The Bertz CT molecular complexity index is 358. The van der Waals surface area contributed by atoms with Crippen LogP contribution >= 0.6 is 11.6 Å². The van der Waals surface area contributed by atoms with Gasteiger partial charge in [0.05, 0.1) is 22.8 Å². The minimum atomic E-state index is 0.126. The molecule has 0 aromatic carbocycles. The van der Waals surface area contributed by atoms with Crippen LogP contribution in [0.1, 0.15) is 18.3 Å². The number of oxime groups is 1. The fourth-order valence-corrected chi connectivity index (χ4v) is 1.45. The van der Waals surface area contributed by atoms with Gasteiger partial charge >= 0.3 is 0 Å². The Morgan fingerprint density at radius 3 is 2.86 bits per heavy atom. The van der Waals surface area contributed by atoms with E-state index in [0.29, 0.717) is 18.0 Å². The molecule has 3 N–H and O–H groups in total. The number of hydrogen-bond acceptors (Lipinski definition) is 3. The van der Waals surface area contributed by atoms with Crippen LogP contribution in [0, 0.1) is 6.92 Å². The Labute approximate surface area is 87.2 Å². The van der Waals surface area contributed by atoms with Gasteiger partial charge in [-0.2, -0.15) is 5.10 Å². The predicted octanol–water partition coefficient (Wildman–Crippen LogP) is 1.15. The number of halogens is 1. The summed E-state index contributed by atoms with van der Waals surface area (Å²) in [6, 6.07) is 0. The van der Waals surface area contributed by atoms with E-state index in [1.54, 1.807) is 4.68 Å². The second-order valence-electron chi connectivity index (χ2n) is 2.93. The van der Waals surface area contributed by atoms with Crippen molar-refractivity contribution in [1.82, 2.24) is 9.78 Å². The first-order valence-electron chi connectivity index (χ1n) is 4.28. The molecule has 5 nitrogen and oxygen atoms in total. The molecule has 1 heterocycles. The SMILES string of the molecule is CCn1nc(C)c(Cl)c1CC(N)=NO. The Morgan fingerprint density at radius 2 is 2.36 bits per heavy atom. The first kappa shape index (κ1) is 10.8. The number of nitrogens with two attached hydrogens (primary N) is 1. The van der Waals surface area contributed by atoms with E-state index in [1.807, 2.05) is 13.8 Å². The van der Waals surface area contributed by atoms with Gasteiger partial charge in [-0.25, -0.2) is 0 Å². The fraction of sp³-hybridized carbons (Fsp3) is 0.500. The van der Waals surface area contributed by atoms with Crippen molar-refractivity contribution in [2.45, 2.75) is 26.8 Å². The van der Waals surface area contributed by atoms with Gasteiger partial charge in [0.25, 0.3) is 0 Å². The van der Waals surface area contributed by atoms with Gasteiger partial charge in [0, 0.05) is 6.54 Å². The Balaban J connectivity index is 3.05. The molecule has 1 rings (SSSR count). The Kier molecular flexibility index (Phi) is 3.35. The summed E-state index contributed by atoms with van der Waals surface area (Å²) in [5.74, 6) is 0.126. The molecule has 0 unspecified atom stereocenters. The van der Waals surface area contributed by atoms with E-state index in [-0.39, 0.29) is 5.84 Å². The van der Waals surface area contributed by atoms with Crippen molar-refractivity contribution in [3.05, 3.63) is 16.4 Å².